The van der Waals surface area contributed by atoms with Crippen molar-refractivity contribution in [1.82, 2.24) is 4.98 Å². The number of anilines is 1. The number of hydrogen-bond donors (Lipinski definition) is 3. The second-order valence-corrected chi connectivity index (χ2v) is 12.1. The fourth-order valence-electron chi connectivity index (χ4n) is 8.03. The molecule has 0 saturated heterocycles. The van der Waals surface area contributed by atoms with E-state index in [1.165, 1.54) is 38.5 Å². The molecule has 37 heavy (non-hydrogen) atoms. The average molecular weight is 497 g/mol. The van der Waals surface area contributed by atoms with Crippen LogP contribution in [0.4, 0.5) is 5.69 Å². The highest BCUT2D eigenvalue weighted by Crippen LogP contribution is 2.61. The van der Waals surface area contributed by atoms with Gasteiger partial charge in [0.2, 0.25) is 0 Å². The van der Waals surface area contributed by atoms with E-state index in [1.54, 1.807) is 25.1 Å². The molecular formula is C32H36N2O3. The van der Waals surface area contributed by atoms with Crippen molar-refractivity contribution < 1.29 is 14.7 Å². The third kappa shape index (κ3) is 4.60. The van der Waals surface area contributed by atoms with E-state index in [0.717, 1.165) is 53.1 Å². The number of aromatic nitrogens is 1. The molecule has 0 spiro atoms. The largest absolute Gasteiger partial charge is 0.478 e. The highest BCUT2D eigenvalue weighted by atomic mass is 16.4. The number of hydrogen-bond acceptors (Lipinski definition) is 2. The van der Waals surface area contributed by atoms with Crippen LogP contribution in [0.15, 0.2) is 48.5 Å². The maximum absolute atomic E-state index is 13.6. The summed E-state index contributed by atoms with van der Waals surface area (Å²) in [6, 6.07) is 15.2. The Bertz CT molecular complexity index is 1330. The van der Waals surface area contributed by atoms with Gasteiger partial charge < -0.3 is 15.4 Å². The van der Waals surface area contributed by atoms with Crippen LogP contribution in [0.3, 0.4) is 0 Å². The SMILES string of the molecule is Cc1ccc(NC(=O)c2cc(-c3ccccc3C)[nH]c2CCC23CC4CC(CC(C4)C2)C3)cc1C(=O)O. The summed E-state index contributed by atoms with van der Waals surface area (Å²) in [4.78, 5) is 28.8. The molecule has 4 aliphatic carbocycles. The minimum absolute atomic E-state index is 0.197. The molecule has 4 fully saturated rings. The Morgan fingerprint density at radius 2 is 1.59 bits per heavy atom. The second kappa shape index (κ2) is 9.20. The number of aromatic amines is 1. The molecule has 0 unspecified atom stereocenters. The van der Waals surface area contributed by atoms with Gasteiger partial charge in [0.25, 0.3) is 5.91 Å². The molecule has 4 bridgehead atoms. The number of rotatable bonds is 7. The Hall–Kier alpha value is -3.34. The first-order chi connectivity index (χ1) is 17.8. The van der Waals surface area contributed by atoms with Gasteiger partial charge in [0, 0.05) is 22.6 Å². The Kier molecular flexibility index (Phi) is 5.97. The lowest BCUT2D eigenvalue weighted by molar-refractivity contribution is -0.0570. The topological polar surface area (TPSA) is 82.2 Å². The van der Waals surface area contributed by atoms with Gasteiger partial charge in [-0.05, 0) is 118 Å². The van der Waals surface area contributed by atoms with E-state index in [1.807, 2.05) is 18.2 Å². The van der Waals surface area contributed by atoms with E-state index in [2.05, 4.69) is 29.4 Å². The van der Waals surface area contributed by atoms with Crippen LogP contribution in [0.5, 0.6) is 0 Å². The molecular weight excluding hydrogens is 460 g/mol. The smallest absolute Gasteiger partial charge is 0.336 e. The van der Waals surface area contributed by atoms with E-state index in [-0.39, 0.29) is 11.5 Å². The number of carbonyl (C=O) groups is 2. The zero-order valence-electron chi connectivity index (χ0n) is 21.8. The predicted molar refractivity (Wildman–Crippen MR) is 146 cm³/mol. The van der Waals surface area contributed by atoms with Crippen molar-refractivity contribution in [2.24, 2.45) is 23.2 Å². The van der Waals surface area contributed by atoms with E-state index >= 15 is 0 Å². The first kappa shape index (κ1) is 24.0. The highest BCUT2D eigenvalue weighted by Gasteiger charge is 2.50. The number of aromatic carboxylic acids is 1. The molecule has 1 amide bonds. The maximum Gasteiger partial charge on any atom is 0.336 e. The van der Waals surface area contributed by atoms with Crippen LogP contribution in [0.1, 0.15) is 82.5 Å². The molecule has 5 heteroatoms. The summed E-state index contributed by atoms with van der Waals surface area (Å²) < 4.78 is 0. The van der Waals surface area contributed by atoms with Gasteiger partial charge in [-0.25, -0.2) is 4.79 Å². The summed E-state index contributed by atoms with van der Waals surface area (Å²) in [6.07, 6.45) is 10.3. The lowest BCUT2D eigenvalue weighted by Crippen LogP contribution is -2.46. The fraction of sp³-hybridized carbons (Fsp3) is 0.438. The first-order valence-corrected chi connectivity index (χ1v) is 13.7. The summed E-state index contributed by atoms with van der Waals surface area (Å²) in [6.45, 7) is 3.85. The minimum Gasteiger partial charge on any atom is -0.478 e. The van der Waals surface area contributed by atoms with E-state index in [9.17, 15) is 14.7 Å². The number of amides is 1. The molecule has 4 saturated carbocycles. The molecule has 1 heterocycles. The molecule has 0 radical (unpaired) electrons. The van der Waals surface area contributed by atoms with Gasteiger partial charge in [0.1, 0.15) is 0 Å². The number of benzene rings is 2. The fourth-order valence-corrected chi connectivity index (χ4v) is 8.03. The third-order valence-electron chi connectivity index (χ3n) is 9.38. The number of carbonyl (C=O) groups excluding carboxylic acids is 1. The Morgan fingerprint density at radius 3 is 2.24 bits per heavy atom. The predicted octanol–water partition coefficient (Wildman–Crippen LogP) is 7.40. The number of nitrogens with one attached hydrogen (secondary N) is 2. The van der Waals surface area contributed by atoms with Gasteiger partial charge >= 0.3 is 5.97 Å². The molecule has 1 aromatic heterocycles. The molecule has 192 valence electrons. The molecule has 0 aliphatic heterocycles. The zero-order chi connectivity index (χ0) is 25.7. The molecule has 7 rings (SSSR count). The van der Waals surface area contributed by atoms with Crippen molar-refractivity contribution in [3.8, 4) is 11.3 Å². The zero-order valence-corrected chi connectivity index (χ0v) is 21.8. The average Bonchev–Trinajstić information content (AvgIpc) is 3.28. The van der Waals surface area contributed by atoms with E-state index in [4.69, 9.17) is 0 Å². The molecule has 0 atom stereocenters. The van der Waals surface area contributed by atoms with Crippen LogP contribution in [0, 0.1) is 37.0 Å². The van der Waals surface area contributed by atoms with Crippen molar-refractivity contribution in [3.63, 3.8) is 0 Å². The molecule has 3 aromatic rings. The van der Waals surface area contributed by atoms with Crippen LogP contribution in [-0.4, -0.2) is 22.0 Å². The lowest BCUT2D eigenvalue weighted by atomic mass is 9.48. The Labute approximate surface area is 218 Å². The van der Waals surface area contributed by atoms with Crippen LogP contribution in [-0.2, 0) is 6.42 Å². The molecule has 3 N–H and O–H groups in total. The molecule has 2 aromatic carbocycles. The first-order valence-electron chi connectivity index (χ1n) is 13.7. The third-order valence-corrected chi connectivity index (χ3v) is 9.38. The van der Waals surface area contributed by atoms with Crippen molar-refractivity contribution in [2.45, 2.75) is 65.2 Å². The number of aryl methyl sites for hydroxylation is 3. The Morgan fingerprint density at radius 1 is 0.919 bits per heavy atom. The summed E-state index contributed by atoms with van der Waals surface area (Å²) in [5, 5.41) is 12.5. The minimum atomic E-state index is -0.992. The van der Waals surface area contributed by atoms with Gasteiger partial charge in [0.15, 0.2) is 0 Å². The number of carboxylic acids is 1. The van der Waals surface area contributed by atoms with Crippen molar-refractivity contribution in [3.05, 3.63) is 76.5 Å². The van der Waals surface area contributed by atoms with Crippen LogP contribution >= 0.6 is 0 Å². The molecule has 4 aliphatic rings. The van der Waals surface area contributed by atoms with Crippen LogP contribution < -0.4 is 5.32 Å². The standard InChI is InChI=1S/C32H36N2O3/c1-19-5-3-4-6-25(19)29-15-27(30(35)33-24-8-7-20(2)26(14-24)31(36)37)28(34-29)9-10-32-16-21-11-22(17-32)13-23(12-21)18-32/h3-8,14-15,21-23,34H,9-13,16-18H2,1-2H3,(H,33,35)(H,36,37). The van der Waals surface area contributed by atoms with Gasteiger partial charge in [-0.15, -0.1) is 0 Å². The summed E-state index contributed by atoms with van der Waals surface area (Å²) in [5.74, 6) is 1.53. The van der Waals surface area contributed by atoms with Crippen molar-refractivity contribution in [2.75, 3.05) is 5.32 Å². The normalized spacial score (nSPS) is 25.8. The maximum atomic E-state index is 13.6. The molecule has 5 nitrogen and oxygen atoms in total. The van der Waals surface area contributed by atoms with E-state index in [0.29, 0.717) is 22.2 Å². The summed E-state index contributed by atoms with van der Waals surface area (Å²) in [7, 11) is 0. The Balaban J connectivity index is 1.29. The lowest BCUT2D eigenvalue weighted by Gasteiger charge is -2.57. The van der Waals surface area contributed by atoms with Crippen LogP contribution in [0.2, 0.25) is 0 Å². The summed E-state index contributed by atoms with van der Waals surface area (Å²) >= 11 is 0. The number of carboxylic acid groups (broad SMARTS) is 1. The van der Waals surface area contributed by atoms with Gasteiger partial charge in [-0.1, -0.05) is 30.3 Å². The van der Waals surface area contributed by atoms with Crippen molar-refractivity contribution >= 4 is 17.6 Å². The van der Waals surface area contributed by atoms with E-state index < -0.39 is 5.97 Å². The van der Waals surface area contributed by atoms with Gasteiger partial charge in [-0.3, -0.25) is 4.79 Å². The highest BCUT2D eigenvalue weighted by molar-refractivity contribution is 6.06. The van der Waals surface area contributed by atoms with Gasteiger partial charge in [-0.2, -0.15) is 0 Å². The summed E-state index contributed by atoms with van der Waals surface area (Å²) in [5.41, 5.74) is 6.66. The number of H-pyrrole nitrogens is 1. The quantitative estimate of drug-likeness (QED) is 0.319. The van der Waals surface area contributed by atoms with Crippen molar-refractivity contribution in [1.29, 1.82) is 0 Å². The van der Waals surface area contributed by atoms with Crippen LogP contribution in [0.25, 0.3) is 11.3 Å². The second-order valence-electron chi connectivity index (χ2n) is 12.1. The van der Waals surface area contributed by atoms with Gasteiger partial charge in [0.05, 0.1) is 11.1 Å². The monoisotopic (exact) mass is 496 g/mol.